The Bertz CT molecular complexity index is 579. The average molecular weight is 359 g/mol. The molecule has 1 aromatic rings. The molecule has 2 saturated heterocycles. The number of nitrogens with zero attached hydrogens (tertiary/aromatic N) is 2. The fraction of sp³-hybridized carbons (Fsp3) is 0.600. The van der Waals surface area contributed by atoms with Crippen molar-refractivity contribution in [2.75, 3.05) is 52.5 Å². The first-order valence-corrected chi connectivity index (χ1v) is 9.62. The van der Waals surface area contributed by atoms with Crippen LogP contribution in [0.5, 0.6) is 0 Å². The molecule has 2 heterocycles. The molecule has 0 saturated carbocycles. The highest BCUT2D eigenvalue weighted by Crippen LogP contribution is 2.20. The van der Waals surface area contributed by atoms with Crippen molar-refractivity contribution in [1.29, 1.82) is 0 Å². The highest BCUT2D eigenvalue weighted by molar-refractivity contribution is 5.79. The number of carbonyl (C=O) groups is 2. The van der Waals surface area contributed by atoms with Crippen LogP contribution in [0.25, 0.3) is 0 Å². The number of nitrogens with one attached hydrogen (secondary N) is 1. The summed E-state index contributed by atoms with van der Waals surface area (Å²) < 4.78 is 5.31. The molecule has 26 heavy (non-hydrogen) atoms. The van der Waals surface area contributed by atoms with Gasteiger partial charge in [-0.25, -0.2) is 0 Å². The van der Waals surface area contributed by atoms with Gasteiger partial charge in [0, 0.05) is 25.6 Å². The Morgan fingerprint density at radius 2 is 1.73 bits per heavy atom. The summed E-state index contributed by atoms with van der Waals surface area (Å²) in [4.78, 5) is 28.7. The van der Waals surface area contributed by atoms with Gasteiger partial charge in [-0.3, -0.25) is 14.5 Å². The minimum atomic E-state index is 0.0684. The number of hydrogen-bond acceptors (Lipinski definition) is 4. The Labute approximate surface area is 155 Å². The molecule has 0 unspecified atom stereocenters. The number of rotatable bonds is 6. The SMILES string of the molecule is O=C(CN1CCC(C(=O)N2CCOCC2)CC1)NCCc1ccccc1. The summed E-state index contributed by atoms with van der Waals surface area (Å²) >= 11 is 0. The fourth-order valence-corrected chi connectivity index (χ4v) is 3.63. The van der Waals surface area contributed by atoms with Gasteiger partial charge in [-0.1, -0.05) is 30.3 Å². The van der Waals surface area contributed by atoms with Gasteiger partial charge in [-0.15, -0.1) is 0 Å². The number of benzene rings is 1. The Balaban J connectivity index is 1.33. The summed E-state index contributed by atoms with van der Waals surface area (Å²) in [5, 5.41) is 2.99. The predicted octanol–water partition coefficient (Wildman–Crippen LogP) is 0.916. The van der Waals surface area contributed by atoms with Gasteiger partial charge in [0.25, 0.3) is 0 Å². The van der Waals surface area contributed by atoms with Gasteiger partial charge in [0.05, 0.1) is 19.8 Å². The van der Waals surface area contributed by atoms with E-state index in [0.29, 0.717) is 39.4 Å². The molecular weight excluding hydrogens is 330 g/mol. The second kappa shape index (κ2) is 9.69. The molecule has 3 rings (SSSR count). The first-order valence-electron chi connectivity index (χ1n) is 9.62. The van der Waals surface area contributed by atoms with Crippen molar-refractivity contribution in [3.63, 3.8) is 0 Å². The number of amides is 2. The van der Waals surface area contributed by atoms with Gasteiger partial charge in [-0.2, -0.15) is 0 Å². The monoisotopic (exact) mass is 359 g/mol. The Hall–Kier alpha value is -1.92. The molecule has 142 valence electrons. The zero-order chi connectivity index (χ0) is 18.2. The van der Waals surface area contributed by atoms with E-state index < -0.39 is 0 Å². The third-order valence-electron chi connectivity index (χ3n) is 5.21. The van der Waals surface area contributed by atoms with Crippen LogP contribution in [0.1, 0.15) is 18.4 Å². The first-order chi connectivity index (χ1) is 12.7. The van der Waals surface area contributed by atoms with Crippen molar-refractivity contribution < 1.29 is 14.3 Å². The second-order valence-corrected chi connectivity index (χ2v) is 7.07. The van der Waals surface area contributed by atoms with E-state index in [1.165, 1.54) is 5.56 Å². The topological polar surface area (TPSA) is 61.9 Å². The van der Waals surface area contributed by atoms with Crippen molar-refractivity contribution in [2.24, 2.45) is 5.92 Å². The standard InChI is InChI=1S/C20H29N3O3/c24-19(21-9-6-17-4-2-1-3-5-17)16-22-10-7-18(8-11-22)20(25)23-12-14-26-15-13-23/h1-5,18H,6-16H2,(H,21,24). The summed E-state index contributed by atoms with van der Waals surface area (Å²) in [6.45, 7) is 5.43. The van der Waals surface area contributed by atoms with Crippen molar-refractivity contribution in [1.82, 2.24) is 15.1 Å². The molecule has 0 spiro atoms. The fourth-order valence-electron chi connectivity index (χ4n) is 3.63. The molecule has 1 aromatic carbocycles. The number of piperidine rings is 1. The van der Waals surface area contributed by atoms with Crippen LogP contribution >= 0.6 is 0 Å². The van der Waals surface area contributed by atoms with Gasteiger partial charge >= 0.3 is 0 Å². The lowest BCUT2D eigenvalue weighted by Crippen LogP contribution is -2.48. The number of hydrogen-bond donors (Lipinski definition) is 1. The highest BCUT2D eigenvalue weighted by atomic mass is 16.5. The van der Waals surface area contributed by atoms with Crippen LogP contribution in [-0.4, -0.2) is 74.1 Å². The highest BCUT2D eigenvalue weighted by Gasteiger charge is 2.29. The molecule has 0 aliphatic carbocycles. The van der Waals surface area contributed by atoms with Gasteiger partial charge < -0.3 is 15.0 Å². The minimum absolute atomic E-state index is 0.0684. The van der Waals surface area contributed by atoms with E-state index in [9.17, 15) is 9.59 Å². The number of carbonyl (C=O) groups excluding carboxylic acids is 2. The lowest BCUT2D eigenvalue weighted by atomic mass is 9.95. The van der Waals surface area contributed by atoms with Gasteiger partial charge in [0.15, 0.2) is 0 Å². The number of likely N-dealkylation sites (tertiary alicyclic amines) is 1. The Kier molecular flexibility index (Phi) is 7.03. The summed E-state index contributed by atoms with van der Waals surface area (Å²) in [5.41, 5.74) is 1.23. The second-order valence-electron chi connectivity index (χ2n) is 7.07. The molecule has 1 N–H and O–H groups in total. The molecule has 0 atom stereocenters. The van der Waals surface area contributed by atoms with Crippen molar-refractivity contribution in [2.45, 2.75) is 19.3 Å². The summed E-state index contributed by atoms with van der Waals surface area (Å²) in [7, 11) is 0. The third-order valence-corrected chi connectivity index (χ3v) is 5.21. The maximum Gasteiger partial charge on any atom is 0.234 e. The van der Waals surface area contributed by atoms with Crippen molar-refractivity contribution in [3.05, 3.63) is 35.9 Å². The molecule has 0 aromatic heterocycles. The molecule has 2 aliphatic rings. The molecule has 2 aliphatic heterocycles. The molecule has 2 fully saturated rings. The van der Waals surface area contributed by atoms with Crippen LogP contribution in [0.3, 0.4) is 0 Å². The molecular formula is C20H29N3O3. The zero-order valence-corrected chi connectivity index (χ0v) is 15.4. The lowest BCUT2D eigenvalue weighted by molar-refractivity contribution is -0.141. The molecule has 0 radical (unpaired) electrons. The van der Waals surface area contributed by atoms with Crippen LogP contribution < -0.4 is 5.32 Å². The van der Waals surface area contributed by atoms with Crippen molar-refractivity contribution >= 4 is 11.8 Å². The smallest absolute Gasteiger partial charge is 0.234 e. The zero-order valence-electron chi connectivity index (χ0n) is 15.4. The van der Waals surface area contributed by atoms with Crippen molar-refractivity contribution in [3.8, 4) is 0 Å². The van der Waals surface area contributed by atoms with E-state index in [-0.39, 0.29) is 17.7 Å². The van der Waals surface area contributed by atoms with E-state index in [2.05, 4.69) is 22.3 Å². The van der Waals surface area contributed by atoms with E-state index in [4.69, 9.17) is 4.74 Å². The maximum absolute atomic E-state index is 12.5. The summed E-state index contributed by atoms with van der Waals surface area (Å²) in [6, 6.07) is 10.2. The number of ether oxygens (including phenoxy) is 1. The molecule has 6 nitrogen and oxygen atoms in total. The normalized spacial score (nSPS) is 19.3. The lowest BCUT2D eigenvalue weighted by Gasteiger charge is -2.35. The molecule has 2 amide bonds. The summed E-state index contributed by atoms with van der Waals surface area (Å²) in [5.74, 6) is 0.435. The third kappa shape index (κ3) is 5.54. The van der Waals surface area contributed by atoms with E-state index in [0.717, 1.165) is 32.4 Å². The minimum Gasteiger partial charge on any atom is -0.378 e. The van der Waals surface area contributed by atoms with E-state index in [1.54, 1.807) is 0 Å². The van der Waals surface area contributed by atoms with Gasteiger partial charge in [0.1, 0.15) is 0 Å². The quantitative estimate of drug-likeness (QED) is 0.820. The Morgan fingerprint density at radius 3 is 2.42 bits per heavy atom. The van der Waals surface area contributed by atoms with E-state index >= 15 is 0 Å². The summed E-state index contributed by atoms with van der Waals surface area (Å²) in [6.07, 6.45) is 2.53. The molecule has 0 bridgehead atoms. The van der Waals surface area contributed by atoms with E-state index in [1.807, 2.05) is 23.1 Å². The van der Waals surface area contributed by atoms with Crippen LogP contribution in [0, 0.1) is 5.92 Å². The van der Waals surface area contributed by atoms with Gasteiger partial charge in [0.2, 0.25) is 11.8 Å². The molecule has 6 heteroatoms. The predicted molar refractivity (Wildman–Crippen MR) is 99.7 cm³/mol. The first kappa shape index (κ1) is 18.9. The maximum atomic E-state index is 12.5. The van der Waals surface area contributed by atoms with Gasteiger partial charge in [-0.05, 0) is 37.9 Å². The largest absolute Gasteiger partial charge is 0.378 e. The van der Waals surface area contributed by atoms with Crippen LogP contribution in [0.15, 0.2) is 30.3 Å². The van der Waals surface area contributed by atoms with Crippen LogP contribution in [-0.2, 0) is 20.7 Å². The average Bonchev–Trinajstić information content (AvgIpc) is 2.69. The van der Waals surface area contributed by atoms with Crippen LogP contribution in [0.4, 0.5) is 0 Å². The Morgan fingerprint density at radius 1 is 1.04 bits per heavy atom. The van der Waals surface area contributed by atoms with Crippen LogP contribution in [0.2, 0.25) is 0 Å². The number of morpholine rings is 1.